The van der Waals surface area contributed by atoms with E-state index < -0.39 is 11.6 Å². The minimum absolute atomic E-state index is 0.0122. The molecule has 0 saturated carbocycles. The molecule has 0 spiro atoms. The number of benzene rings is 1. The Morgan fingerprint density at radius 2 is 2.00 bits per heavy atom. The average Bonchev–Trinajstić information content (AvgIpc) is 2.24. The number of Topliss-reactive ketones (excluding diaryl/α,β-unsaturated/α-hetero) is 1. The van der Waals surface area contributed by atoms with Crippen LogP contribution in [0.15, 0.2) is 18.2 Å². The molecule has 0 heterocycles. The molecule has 0 fully saturated rings. The van der Waals surface area contributed by atoms with E-state index in [-0.39, 0.29) is 17.8 Å². The molecule has 3 heteroatoms. The van der Waals surface area contributed by atoms with E-state index in [1.54, 1.807) is 0 Å². The zero-order valence-corrected chi connectivity index (χ0v) is 10.3. The number of hydrogen-bond acceptors (Lipinski definition) is 1. The highest BCUT2D eigenvalue weighted by atomic mass is 19.2. The minimum atomic E-state index is -0.898. The lowest BCUT2D eigenvalue weighted by Gasteiger charge is -2.05. The third kappa shape index (κ3) is 4.63. The summed E-state index contributed by atoms with van der Waals surface area (Å²) in [5, 5.41) is 0. The number of rotatable bonds is 6. The van der Waals surface area contributed by atoms with Crippen molar-refractivity contribution in [2.24, 2.45) is 5.92 Å². The molecule has 0 N–H and O–H groups in total. The summed E-state index contributed by atoms with van der Waals surface area (Å²) < 4.78 is 26.2. The van der Waals surface area contributed by atoms with Gasteiger partial charge in [-0.2, -0.15) is 0 Å². The fourth-order valence-corrected chi connectivity index (χ4v) is 1.69. The van der Waals surface area contributed by atoms with E-state index in [1.165, 1.54) is 12.1 Å². The first-order valence-corrected chi connectivity index (χ1v) is 5.95. The second-order valence-corrected chi connectivity index (χ2v) is 4.71. The first-order chi connectivity index (χ1) is 8.00. The Balaban J connectivity index is 2.48. The summed E-state index contributed by atoms with van der Waals surface area (Å²) in [6.45, 7) is 4.19. The van der Waals surface area contributed by atoms with Crippen LogP contribution in [0.4, 0.5) is 8.78 Å². The van der Waals surface area contributed by atoms with E-state index in [0.717, 1.165) is 18.9 Å². The van der Waals surface area contributed by atoms with Crippen LogP contribution in [0, 0.1) is 17.6 Å². The van der Waals surface area contributed by atoms with Crippen molar-refractivity contribution in [3.05, 3.63) is 35.4 Å². The summed E-state index contributed by atoms with van der Waals surface area (Å²) in [5.74, 6) is -1.26. The maximum atomic E-state index is 13.3. The number of hydrogen-bond donors (Lipinski definition) is 0. The Morgan fingerprint density at radius 3 is 2.65 bits per heavy atom. The Kier molecular flexibility index (Phi) is 5.26. The molecule has 0 atom stereocenters. The second-order valence-electron chi connectivity index (χ2n) is 4.71. The van der Waals surface area contributed by atoms with Gasteiger partial charge in [-0.3, -0.25) is 4.79 Å². The molecule has 0 aliphatic carbocycles. The highest BCUT2D eigenvalue weighted by Gasteiger charge is 2.11. The van der Waals surface area contributed by atoms with Crippen LogP contribution in [-0.2, 0) is 11.2 Å². The maximum absolute atomic E-state index is 13.3. The molecule has 0 aliphatic rings. The molecule has 17 heavy (non-hydrogen) atoms. The van der Waals surface area contributed by atoms with E-state index in [9.17, 15) is 13.6 Å². The van der Waals surface area contributed by atoms with Gasteiger partial charge in [0.15, 0.2) is 11.6 Å². The maximum Gasteiger partial charge on any atom is 0.162 e. The highest BCUT2D eigenvalue weighted by molar-refractivity contribution is 5.80. The molecular formula is C14H18F2O. The molecule has 1 aromatic carbocycles. The molecule has 0 amide bonds. The number of ketones is 1. The first kappa shape index (κ1) is 13.8. The molecule has 0 aliphatic heterocycles. The normalized spacial score (nSPS) is 10.9. The van der Waals surface area contributed by atoms with Crippen molar-refractivity contribution < 1.29 is 13.6 Å². The summed E-state index contributed by atoms with van der Waals surface area (Å²) in [6.07, 6.45) is 2.22. The van der Waals surface area contributed by atoms with Crippen molar-refractivity contribution >= 4 is 5.78 Å². The lowest BCUT2D eigenvalue weighted by Crippen LogP contribution is -2.06. The molecule has 1 rings (SSSR count). The zero-order valence-electron chi connectivity index (χ0n) is 10.3. The largest absolute Gasteiger partial charge is 0.299 e. The van der Waals surface area contributed by atoms with Crippen molar-refractivity contribution in [3.63, 3.8) is 0 Å². The molecule has 1 nitrogen and oxygen atoms in total. The molecule has 94 valence electrons. The smallest absolute Gasteiger partial charge is 0.162 e. The molecule has 0 bridgehead atoms. The summed E-state index contributed by atoms with van der Waals surface area (Å²) in [4.78, 5) is 11.6. The van der Waals surface area contributed by atoms with Crippen molar-refractivity contribution in [2.45, 2.75) is 39.5 Å². The van der Waals surface area contributed by atoms with Gasteiger partial charge in [-0.25, -0.2) is 8.78 Å². The SMILES string of the molecule is CC(C)CCCC(=O)Cc1cccc(F)c1F. The van der Waals surface area contributed by atoms with Gasteiger partial charge in [0.05, 0.1) is 0 Å². The predicted molar refractivity (Wildman–Crippen MR) is 63.8 cm³/mol. The zero-order chi connectivity index (χ0) is 12.8. The van der Waals surface area contributed by atoms with Crippen molar-refractivity contribution in [1.29, 1.82) is 0 Å². The number of carbonyl (C=O) groups excluding carboxylic acids is 1. The van der Waals surface area contributed by atoms with Gasteiger partial charge in [0, 0.05) is 12.8 Å². The first-order valence-electron chi connectivity index (χ1n) is 5.95. The van der Waals surface area contributed by atoms with Crippen molar-refractivity contribution in [3.8, 4) is 0 Å². The van der Waals surface area contributed by atoms with Crippen LogP contribution < -0.4 is 0 Å². The fraction of sp³-hybridized carbons (Fsp3) is 0.500. The van der Waals surface area contributed by atoms with Crippen LogP contribution in [0.2, 0.25) is 0 Å². The average molecular weight is 240 g/mol. The summed E-state index contributed by atoms with van der Waals surface area (Å²) >= 11 is 0. The van der Waals surface area contributed by atoms with E-state index >= 15 is 0 Å². The fourth-order valence-electron chi connectivity index (χ4n) is 1.69. The van der Waals surface area contributed by atoms with Crippen LogP contribution >= 0.6 is 0 Å². The van der Waals surface area contributed by atoms with Crippen LogP contribution in [0.25, 0.3) is 0 Å². The van der Waals surface area contributed by atoms with Crippen LogP contribution in [0.3, 0.4) is 0 Å². The quantitative estimate of drug-likeness (QED) is 0.737. The Hall–Kier alpha value is -1.25. The van der Waals surface area contributed by atoms with Crippen LogP contribution in [-0.4, -0.2) is 5.78 Å². The van der Waals surface area contributed by atoms with Gasteiger partial charge in [-0.15, -0.1) is 0 Å². The lowest BCUT2D eigenvalue weighted by atomic mass is 10.0. The van der Waals surface area contributed by atoms with E-state index in [4.69, 9.17) is 0 Å². The Morgan fingerprint density at radius 1 is 1.29 bits per heavy atom. The third-order valence-corrected chi connectivity index (χ3v) is 2.66. The lowest BCUT2D eigenvalue weighted by molar-refractivity contribution is -0.118. The second kappa shape index (κ2) is 6.48. The minimum Gasteiger partial charge on any atom is -0.299 e. The Bertz CT molecular complexity index is 386. The van der Waals surface area contributed by atoms with Crippen LogP contribution in [0.5, 0.6) is 0 Å². The van der Waals surface area contributed by atoms with E-state index in [1.807, 2.05) is 0 Å². The van der Waals surface area contributed by atoms with E-state index in [2.05, 4.69) is 13.8 Å². The van der Waals surface area contributed by atoms with Gasteiger partial charge in [0.25, 0.3) is 0 Å². The van der Waals surface area contributed by atoms with Gasteiger partial charge in [0.1, 0.15) is 5.78 Å². The summed E-state index contributed by atoms with van der Waals surface area (Å²) in [7, 11) is 0. The van der Waals surface area contributed by atoms with E-state index in [0.29, 0.717) is 12.3 Å². The van der Waals surface area contributed by atoms with Crippen LogP contribution in [0.1, 0.15) is 38.7 Å². The van der Waals surface area contributed by atoms with Gasteiger partial charge in [-0.1, -0.05) is 32.4 Å². The topological polar surface area (TPSA) is 17.1 Å². The Labute approximate surface area is 101 Å². The highest BCUT2D eigenvalue weighted by Crippen LogP contribution is 2.14. The number of carbonyl (C=O) groups is 1. The third-order valence-electron chi connectivity index (χ3n) is 2.66. The van der Waals surface area contributed by atoms with Gasteiger partial charge >= 0.3 is 0 Å². The molecule has 0 aromatic heterocycles. The predicted octanol–water partition coefficient (Wildman–Crippen LogP) is 3.90. The molecule has 0 unspecified atom stereocenters. The molecule has 0 saturated heterocycles. The molecule has 0 radical (unpaired) electrons. The van der Waals surface area contributed by atoms with Crippen molar-refractivity contribution in [2.75, 3.05) is 0 Å². The summed E-state index contributed by atoms with van der Waals surface area (Å²) in [5.41, 5.74) is 0.152. The van der Waals surface area contributed by atoms with Gasteiger partial charge in [0.2, 0.25) is 0 Å². The van der Waals surface area contributed by atoms with Gasteiger partial charge in [-0.05, 0) is 24.0 Å². The summed E-state index contributed by atoms with van der Waals surface area (Å²) in [6, 6.07) is 3.94. The number of halogens is 2. The standard InChI is InChI=1S/C14H18F2O/c1-10(2)5-3-7-12(17)9-11-6-4-8-13(15)14(11)16/h4,6,8,10H,3,5,7,9H2,1-2H3. The molecular weight excluding hydrogens is 222 g/mol. The monoisotopic (exact) mass is 240 g/mol. The molecule has 1 aromatic rings. The van der Waals surface area contributed by atoms with Gasteiger partial charge < -0.3 is 0 Å². The van der Waals surface area contributed by atoms with Crippen molar-refractivity contribution in [1.82, 2.24) is 0 Å².